The van der Waals surface area contributed by atoms with Crippen LogP contribution in [0.2, 0.25) is 0 Å². The summed E-state index contributed by atoms with van der Waals surface area (Å²) in [5, 5.41) is 20.6. The first-order valence-corrected chi connectivity index (χ1v) is 6.51. The minimum absolute atomic E-state index is 0.0612. The average Bonchev–Trinajstić information content (AvgIpc) is 2.47. The van der Waals surface area contributed by atoms with Crippen LogP contribution in [0.4, 0.5) is 5.69 Å². The summed E-state index contributed by atoms with van der Waals surface area (Å²) in [7, 11) is 0. The summed E-state index contributed by atoms with van der Waals surface area (Å²) in [6, 6.07) is 5.85. The Hall–Kier alpha value is -2.63. The van der Waals surface area contributed by atoms with Gasteiger partial charge in [0.1, 0.15) is 0 Å². The van der Waals surface area contributed by atoms with Gasteiger partial charge in [0.05, 0.1) is 17.4 Å². The van der Waals surface area contributed by atoms with E-state index in [4.69, 9.17) is 10.2 Å². The van der Waals surface area contributed by atoms with E-state index in [9.17, 15) is 14.4 Å². The van der Waals surface area contributed by atoms with E-state index in [1.165, 1.54) is 18.2 Å². The Kier molecular flexibility index (Phi) is 4.37. The van der Waals surface area contributed by atoms with Gasteiger partial charge in [-0.2, -0.15) is 0 Å². The molecule has 0 aliphatic heterocycles. The minimum Gasteiger partial charge on any atom is -0.481 e. The molecule has 0 saturated carbocycles. The van der Waals surface area contributed by atoms with E-state index in [0.717, 1.165) is 0 Å². The van der Waals surface area contributed by atoms with Gasteiger partial charge in [0.2, 0.25) is 5.91 Å². The van der Waals surface area contributed by atoms with Crippen LogP contribution in [0.5, 0.6) is 0 Å². The molecule has 21 heavy (non-hydrogen) atoms. The molecule has 1 aromatic rings. The Balaban J connectivity index is 2.13. The third-order valence-corrected chi connectivity index (χ3v) is 3.46. The molecule has 0 fully saturated rings. The fraction of sp³-hybridized carbons (Fsp3) is 0.267. The van der Waals surface area contributed by atoms with Crippen molar-refractivity contribution in [1.29, 1.82) is 0 Å². The average molecular weight is 289 g/mol. The molecule has 2 rings (SSSR count). The second kappa shape index (κ2) is 6.21. The molecule has 1 amide bonds. The highest BCUT2D eigenvalue weighted by atomic mass is 16.4. The largest absolute Gasteiger partial charge is 0.481 e. The zero-order valence-electron chi connectivity index (χ0n) is 11.2. The molecule has 6 nitrogen and oxygen atoms in total. The molecule has 0 heterocycles. The van der Waals surface area contributed by atoms with Crippen molar-refractivity contribution in [3.05, 3.63) is 42.0 Å². The first kappa shape index (κ1) is 14.8. The van der Waals surface area contributed by atoms with E-state index in [-0.39, 0.29) is 5.56 Å². The van der Waals surface area contributed by atoms with Crippen LogP contribution in [0.1, 0.15) is 23.2 Å². The lowest BCUT2D eigenvalue weighted by molar-refractivity contribution is -0.146. The summed E-state index contributed by atoms with van der Waals surface area (Å²) >= 11 is 0. The third-order valence-electron chi connectivity index (χ3n) is 3.46. The van der Waals surface area contributed by atoms with Gasteiger partial charge in [-0.05, 0) is 31.0 Å². The van der Waals surface area contributed by atoms with Crippen LogP contribution in [-0.2, 0) is 9.59 Å². The van der Waals surface area contributed by atoms with E-state index in [1.54, 1.807) is 18.2 Å². The predicted octanol–water partition coefficient (Wildman–Crippen LogP) is 1.99. The molecule has 0 spiro atoms. The topological polar surface area (TPSA) is 104 Å². The number of amides is 1. The first-order valence-electron chi connectivity index (χ1n) is 6.51. The molecule has 1 aliphatic rings. The SMILES string of the molecule is O=C(O)c1cccc(NC(=O)[C@@H]2CC=CC[C@@H]2C(=O)O)c1. The molecule has 0 aromatic heterocycles. The van der Waals surface area contributed by atoms with Gasteiger partial charge in [0, 0.05) is 5.69 Å². The van der Waals surface area contributed by atoms with Crippen molar-refractivity contribution in [3.8, 4) is 0 Å². The number of anilines is 1. The number of carboxylic acid groups (broad SMARTS) is 2. The Bertz CT molecular complexity index is 608. The molecule has 0 radical (unpaired) electrons. The number of benzene rings is 1. The van der Waals surface area contributed by atoms with E-state index < -0.39 is 29.7 Å². The Morgan fingerprint density at radius 2 is 1.71 bits per heavy atom. The lowest BCUT2D eigenvalue weighted by atomic mass is 9.82. The maximum absolute atomic E-state index is 12.2. The van der Waals surface area contributed by atoms with Gasteiger partial charge in [0.25, 0.3) is 0 Å². The van der Waals surface area contributed by atoms with E-state index in [1.807, 2.05) is 0 Å². The smallest absolute Gasteiger partial charge is 0.335 e. The van der Waals surface area contributed by atoms with Crippen molar-refractivity contribution in [2.45, 2.75) is 12.8 Å². The zero-order chi connectivity index (χ0) is 15.4. The zero-order valence-corrected chi connectivity index (χ0v) is 11.2. The number of carbonyl (C=O) groups is 3. The normalized spacial score (nSPS) is 20.8. The van der Waals surface area contributed by atoms with Crippen molar-refractivity contribution in [3.63, 3.8) is 0 Å². The molecular weight excluding hydrogens is 274 g/mol. The number of aliphatic carboxylic acids is 1. The Labute approximate surface area is 121 Å². The summed E-state index contributed by atoms with van der Waals surface area (Å²) in [5.41, 5.74) is 0.407. The lowest BCUT2D eigenvalue weighted by Gasteiger charge is -2.24. The molecule has 1 aliphatic carbocycles. The number of rotatable bonds is 4. The number of hydrogen-bond acceptors (Lipinski definition) is 3. The van der Waals surface area contributed by atoms with Gasteiger partial charge < -0.3 is 15.5 Å². The molecule has 3 N–H and O–H groups in total. The van der Waals surface area contributed by atoms with Gasteiger partial charge in [-0.1, -0.05) is 18.2 Å². The van der Waals surface area contributed by atoms with Crippen LogP contribution < -0.4 is 5.32 Å². The molecule has 110 valence electrons. The highest BCUT2D eigenvalue weighted by Gasteiger charge is 2.33. The molecule has 6 heteroatoms. The van der Waals surface area contributed by atoms with Gasteiger partial charge in [-0.25, -0.2) is 4.79 Å². The second-order valence-corrected chi connectivity index (χ2v) is 4.87. The van der Waals surface area contributed by atoms with Crippen LogP contribution in [-0.4, -0.2) is 28.1 Å². The lowest BCUT2D eigenvalue weighted by Crippen LogP contribution is -2.34. The summed E-state index contributed by atoms with van der Waals surface area (Å²) in [6.07, 6.45) is 4.23. The summed E-state index contributed by atoms with van der Waals surface area (Å²) in [5.74, 6) is -3.90. The molecule has 1 aromatic carbocycles. The molecule has 2 atom stereocenters. The number of carbonyl (C=O) groups excluding carboxylic acids is 1. The van der Waals surface area contributed by atoms with Gasteiger partial charge in [-0.15, -0.1) is 0 Å². The van der Waals surface area contributed by atoms with Crippen LogP contribution >= 0.6 is 0 Å². The van der Waals surface area contributed by atoms with Gasteiger partial charge in [0.15, 0.2) is 0 Å². The number of hydrogen-bond donors (Lipinski definition) is 3. The standard InChI is InChI=1S/C15H15NO5/c17-13(11-6-1-2-7-12(11)15(20)21)16-10-5-3-4-9(8-10)14(18)19/h1-5,8,11-12H,6-7H2,(H,16,17)(H,18,19)(H,20,21)/t11-,12+/m1/s1. The molecule has 0 saturated heterocycles. The van der Waals surface area contributed by atoms with Gasteiger partial charge in [-0.3, -0.25) is 9.59 Å². The summed E-state index contributed by atoms with van der Waals surface area (Å²) < 4.78 is 0. The van der Waals surface area contributed by atoms with E-state index in [0.29, 0.717) is 18.5 Å². The highest BCUT2D eigenvalue weighted by molar-refractivity contribution is 5.97. The van der Waals surface area contributed by atoms with Crippen molar-refractivity contribution in [1.82, 2.24) is 0 Å². The van der Waals surface area contributed by atoms with Crippen LogP contribution in [0.25, 0.3) is 0 Å². The second-order valence-electron chi connectivity index (χ2n) is 4.87. The van der Waals surface area contributed by atoms with Crippen molar-refractivity contribution < 1.29 is 24.6 Å². The fourth-order valence-electron chi connectivity index (χ4n) is 2.34. The number of nitrogens with one attached hydrogen (secondary N) is 1. The van der Waals surface area contributed by atoms with Crippen molar-refractivity contribution in [2.75, 3.05) is 5.32 Å². The number of allylic oxidation sites excluding steroid dienone is 2. The Morgan fingerprint density at radius 1 is 1.05 bits per heavy atom. The molecule has 0 unspecified atom stereocenters. The quantitative estimate of drug-likeness (QED) is 0.735. The van der Waals surface area contributed by atoms with Crippen molar-refractivity contribution in [2.24, 2.45) is 11.8 Å². The highest BCUT2D eigenvalue weighted by Crippen LogP contribution is 2.27. The van der Waals surface area contributed by atoms with E-state index >= 15 is 0 Å². The van der Waals surface area contributed by atoms with Crippen LogP contribution in [0.3, 0.4) is 0 Å². The van der Waals surface area contributed by atoms with E-state index in [2.05, 4.69) is 5.32 Å². The molecular formula is C15H15NO5. The first-order chi connectivity index (χ1) is 9.99. The maximum Gasteiger partial charge on any atom is 0.335 e. The monoisotopic (exact) mass is 289 g/mol. The molecule has 0 bridgehead atoms. The van der Waals surface area contributed by atoms with Crippen LogP contribution in [0.15, 0.2) is 36.4 Å². The predicted molar refractivity (Wildman–Crippen MR) is 75.0 cm³/mol. The number of aromatic carboxylic acids is 1. The minimum atomic E-state index is -1.09. The summed E-state index contributed by atoms with van der Waals surface area (Å²) in [6.45, 7) is 0. The van der Waals surface area contributed by atoms with Crippen LogP contribution in [0, 0.1) is 11.8 Å². The fourth-order valence-corrected chi connectivity index (χ4v) is 2.34. The van der Waals surface area contributed by atoms with Gasteiger partial charge >= 0.3 is 11.9 Å². The maximum atomic E-state index is 12.2. The summed E-state index contributed by atoms with van der Waals surface area (Å²) in [4.78, 5) is 34.3. The number of carboxylic acids is 2. The van der Waals surface area contributed by atoms with Crippen molar-refractivity contribution >= 4 is 23.5 Å². The third kappa shape index (κ3) is 3.47. The Morgan fingerprint density at radius 3 is 2.33 bits per heavy atom.